The summed E-state index contributed by atoms with van der Waals surface area (Å²) < 4.78 is 0. The maximum Gasteiger partial charge on any atom is 0.269 e. The molecule has 0 unspecified atom stereocenters. The zero-order valence-electron chi connectivity index (χ0n) is 11.4. The van der Waals surface area contributed by atoms with Gasteiger partial charge in [0.05, 0.1) is 10.7 Å². The Morgan fingerprint density at radius 3 is 2.36 bits per heavy atom. The number of benzene rings is 2. The summed E-state index contributed by atoms with van der Waals surface area (Å²) in [6.45, 7) is 0. The van der Waals surface area contributed by atoms with Crippen molar-refractivity contribution in [2.75, 3.05) is 10.7 Å². The van der Waals surface area contributed by atoms with Gasteiger partial charge in [0.25, 0.3) is 5.69 Å². The number of phenols is 1. The molecule has 1 fully saturated rings. The molecule has 6 nitrogen and oxygen atoms in total. The number of rotatable bonds is 3. The van der Waals surface area contributed by atoms with E-state index in [9.17, 15) is 20.0 Å². The average molecular weight is 316 g/mol. The van der Waals surface area contributed by atoms with Gasteiger partial charge in [-0.2, -0.15) is 0 Å². The minimum Gasteiger partial charge on any atom is -0.508 e. The van der Waals surface area contributed by atoms with E-state index in [1.165, 1.54) is 36.0 Å². The molecule has 0 spiro atoms. The van der Waals surface area contributed by atoms with E-state index in [2.05, 4.69) is 0 Å². The fourth-order valence-corrected chi connectivity index (χ4v) is 3.50. The molecule has 3 rings (SSSR count). The number of amides is 1. The molecular formula is C15H12N2O4S. The number of aromatic hydroxyl groups is 1. The highest BCUT2D eigenvalue weighted by molar-refractivity contribution is 8.00. The second-order valence-electron chi connectivity index (χ2n) is 4.79. The first kappa shape index (κ1) is 14.4. The first-order valence-corrected chi connectivity index (χ1v) is 7.58. The number of nitro groups is 1. The highest BCUT2D eigenvalue weighted by atomic mass is 32.2. The average Bonchev–Trinajstić information content (AvgIpc) is 2.90. The normalized spacial score (nSPS) is 17.7. The number of carbonyl (C=O) groups excluding carboxylic acids is 1. The summed E-state index contributed by atoms with van der Waals surface area (Å²) in [6, 6.07) is 12.6. The Morgan fingerprint density at radius 2 is 1.77 bits per heavy atom. The molecule has 0 radical (unpaired) electrons. The summed E-state index contributed by atoms with van der Waals surface area (Å²) in [6.07, 6.45) is 0. The van der Waals surface area contributed by atoms with E-state index in [1.54, 1.807) is 29.2 Å². The topological polar surface area (TPSA) is 83.7 Å². The summed E-state index contributed by atoms with van der Waals surface area (Å²) in [5, 5.41) is 19.8. The van der Waals surface area contributed by atoms with Crippen LogP contribution >= 0.6 is 11.8 Å². The monoisotopic (exact) mass is 316 g/mol. The second kappa shape index (κ2) is 5.69. The van der Waals surface area contributed by atoms with E-state index in [-0.39, 0.29) is 22.7 Å². The summed E-state index contributed by atoms with van der Waals surface area (Å²) >= 11 is 1.47. The number of nitro benzene ring substituents is 1. The molecule has 0 saturated carbocycles. The van der Waals surface area contributed by atoms with Crippen LogP contribution in [0, 0.1) is 10.1 Å². The number of phenolic OH excluding ortho intramolecular Hbond substituents is 1. The standard InChI is InChI=1S/C15H12N2O4S/c18-13-7-5-11(6-8-13)16-14(19)9-22-15(16)10-1-3-12(4-2-10)17(20)21/h1-8,15,18H,9H2/t15-/m1/s1. The zero-order chi connectivity index (χ0) is 15.7. The molecule has 1 saturated heterocycles. The van der Waals surface area contributed by atoms with Gasteiger partial charge in [0.2, 0.25) is 5.91 Å². The van der Waals surface area contributed by atoms with E-state index in [1.807, 2.05) is 0 Å². The molecule has 1 aliphatic rings. The van der Waals surface area contributed by atoms with Gasteiger partial charge >= 0.3 is 0 Å². The number of anilines is 1. The summed E-state index contributed by atoms with van der Waals surface area (Å²) in [4.78, 5) is 24.1. The molecular weight excluding hydrogens is 304 g/mol. The highest BCUT2D eigenvalue weighted by Crippen LogP contribution is 2.42. The van der Waals surface area contributed by atoms with Gasteiger partial charge in [-0.3, -0.25) is 19.8 Å². The SMILES string of the molecule is O=C1CS[C@H](c2ccc([N+](=O)[O-])cc2)N1c1ccc(O)cc1. The van der Waals surface area contributed by atoms with Gasteiger partial charge in [-0.05, 0) is 42.0 Å². The van der Waals surface area contributed by atoms with Crippen LogP contribution in [-0.2, 0) is 4.79 Å². The number of nitrogens with zero attached hydrogens (tertiary/aromatic N) is 2. The predicted molar refractivity (Wildman–Crippen MR) is 83.9 cm³/mol. The summed E-state index contributed by atoms with van der Waals surface area (Å²) in [5.74, 6) is 0.455. The van der Waals surface area contributed by atoms with Crippen molar-refractivity contribution < 1.29 is 14.8 Å². The lowest BCUT2D eigenvalue weighted by atomic mass is 10.1. The molecule has 2 aromatic rings. The smallest absolute Gasteiger partial charge is 0.269 e. The zero-order valence-corrected chi connectivity index (χ0v) is 12.2. The Hall–Kier alpha value is -2.54. The quantitative estimate of drug-likeness (QED) is 0.695. The van der Waals surface area contributed by atoms with Crippen molar-refractivity contribution in [3.63, 3.8) is 0 Å². The van der Waals surface area contributed by atoms with Crippen LogP contribution in [-0.4, -0.2) is 21.7 Å². The molecule has 0 bridgehead atoms. The first-order valence-electron chi connectivity index (χ1n) is 6.53. The van der Waals surface area contributed by atoms with Crippen LogP contribution in [0.25, 0.3) is 0 Å². The van der Waals surface area contributed by atoms with Crippen molar-refractivity contribution in [1.82, 2.24) is 0 Å². The van der Waals surface area contributed by atoms with Crippen molar-refractivity contribution in [2.45, 2.75) is 5.37 Å². The molecule has 0 aromatic heterocycles. The maximum absolute atomic E-state index is 12.2. The fourth-order valence-electron chi connectivity index (χ4n) is 2.32. The molecule has 112 valence electrons. The Kier molecular flexibility index (Phi) is 3.72. The Labute approximate surface area is 130 Å². The van der Waals surface area contributed by atoms with E-state index >= 15 is 0 Å². The third-order valence-electron chi connectivity index (χ3n) is 3.38. The van der Waals surface area contributed by atoms with Gasteiger partial charge in [-0.15, -0.1) is 11.8 Å². The van der Waals surface area contributed by atoms with Crippen LogP contribution in [0.1, 0.15) is 10.9 Å². The van der Waals surface area contributed by atoms with E-state index < -0.39 is 4.92 Å². The van der Waals surface area contributed by atoms with Crippen molar-refractivity contribution in [1.29, 1.82) is 0 Å². The summed E-state index contributed by atoms with van der Waals surface area (Å²) in [5.41, 5.74) is 1.54. The minimum absolute atomic E-state index is 0.0225. The molecule has 1 heterocycles. The van der Waals surface area contributed by atoms with Crippen molar-refractivity contribution >= 4 is 29.0 Å². The number of hydrogen-bond acceptors (Lipinski definition) is 5. The van der Waals surface area contributed by atoms with Crippen LogP contribution in [0.5, 0.6) is 5.75 Å². The van der Waals surface area contributed by atoms with Gasteiger partial charge in [-0.25, -0.2) is 0 Å². The molecule has 1 N–H and O–H groups in total. The lowest BCUT2D eigenvalue weighted by Gasteiger charge is -2.24. The van der Waals surface area contributed by atoms with Crippen LogP contribution < -0.4 is 4.90 Å². The Morgan fingerprint density at radius 1 is 1.14 bits per heavy atom. The third kappa shape index (κ3) is 2.62. The maximum atomic E-state index is 12.2. The lowest BCUT2D eigenvalue weighted by molar-refractivity contribution is -0.384. The summed E-state index contributed by atoms with van der Waals surface area (Å²) in [7, 11) is 0. The van der Waals surface area contributed by atoms with Crippen LogP contribution in [0.15, 0.2) is 48.5 Å². The highest BCUT2D eigenvalue weighted by Gasteiger charge is 2.34. The third-order valence-corrected chi connectivity index (χ3v) is 4.60. The first-order chi connectivity index (χ1) is 10.6. The van der Waals surface area contributed by atoms with Crippen molar-refractivity contribution in [3.8, 4) is 5.75 Å². The largest absolute Gasteiger partial charge is 0.508 e. The Balaban J connectivity index is 1.93. The van der Waals surface area contributed by atoms with Crippen molar-refractivity contribution in [3.05, 3.63) is 64.2 Å². The number of hydrogen-bond donors (Lipinski definition) is 1. The fraction of sp³-hybridized carbons (Fsp3) is 0.133. The minimum atomic E-state index is -0.450. The predicted octanol–water partition coefficient (Wildman–Crippen LogP) is 3.08. The molecule has 7 heteroatoms. The van der Waals surface area contributed by atoms with E-state index in [0.717, 1.165) is 5.56 Å². The molecule has 1 aliphatic heterocycles. The molecule has 0 aliphatic carbocycles. The van der Waals surface area contributed by atoms with Crippen LogP contribution in [0.3, 0.4) is 0 Å². The second-order valence-corrected chi connectivity index (χ2v) is 5.86. The van der Waals surface area contributed by atoms with Crippen LogP contribution in [0.4, 0.5) is 11.4 Å². The number of carbonyl (C=O) groups is 1. The van der Waals surface area contributed by atoms with E-state index in [4.69, 9.17) is 0 Å². The Bertz CT molecular complexity index is 715. The van der Waals surface area contributed by atoms with Gasteiger partial charge in [-0.1, -0.05) is 0 Å². The molecule has 1 amide bonds. The van der Waals surface area contributed by atoms with Gasteiger partial charge in [0.15, 0.2) is 0 Å². The molecule has 2 aromatic carbocycles. The number of thioether (sulfide) groups is 1. The van der Waals surface area contributed by atoms with Gasteiger partial charge < -0.3 is 5.11 Å². The number of non-ortho nitro benzene ring substituents is 1. The molecule has 22 heavy (non-hydrogen) atoms. The van der Waals surface area contributed by atoms with Crippen LogP contribution in [0.2, 0.25) is 0 Å². The van der Waals surface area contributed by atoms with E-state index in [0.29, 0.717) is 11.4 Å². The lowest BCUT2D eigenvalue weighted by Crippen LogP contribution is -2.27. The van der Waals surface area contributed by atoms with Gasteiger partial charge in [0.1, 0.15) is 11.1 Å². The van der Waals surface area contributed by atoms with Gasteiger partial charge in [0, 0.05) is 17.8 Å². The van der Waals surface area contributed by atoms with Crippen molar-refractivity contribution in [2.24, 2.45) is 0 Å². The molecule has 1 atom stereocenters.